The summed E-state index contributed by atoms with van der Waals surface area (Å²) in [5.74, 6) is -2.82. The summed E-state index contributed by atoms with van der Waals surface area (Å²) in [6, 6.07) is 8.31. The Hall–Kier alpha value is -1.00. The van der Waals surface area contributed by atoms with Gasteiger partial charge in [-0.25, -0.2) is 0 Å². The molecule has 19 heavy (non-hydrogen) atoms. The minimum atomic E-state index is -2.82. The second kappa shape index (κ2) is 5.97. The summed E-state index contributed by atoms with van der Waals surface area (Å²) in [5, 5.41) is 0. The summed E-state index contributed by atoms with van der Waals surface area (Å²) in [5.41, 5.74) is 5.81. The highest BCUT2D eigenvalue weighted by Crippen LogP contribution is 2.32. The maximum Gasteiger partial charge on any atom is 0.285 e. The maximum atomic E-state index is 14.3. The van der Waals surface area contributed by atoms with E-state index < -0.39 is 5.92 Å². The number of piperidine rings is 1. The van der Waals surface area contributed by atoms with E-state index >= 15 is 0 Å². The zero-order valence-electron chi connectivity index (χ0n) is 11.4. The molecule has 1 aliphatic heterocycles. The summed E-state index contributed by atoms with van der Waals surface area (Å²) >= 11 is 0. The Labute approximate surface area is 113 Å². The number of hydrogen-bond donors (Lipinski definition) is 1. The Morgan fingerprint density at radius 1 is 1.26 bits per heavy atom. The van der Waals surface area contributed by atoms with Gasteiger partial charge in [0.25, 0.3) is 5.92 Å². The molecular weight excluding hydrogens is 246 g/mol. The van der Waals surface area contributed by atoms with Crippen molar-refractivity contribution in [3.8, 4) is 0 Å². The molecule has 0 aromatic heterocycles. The highest BCUT2D eigenvalue weighted by Gasteiger charge is 2.38. The molecular formula is C15H22F2N2. The first-order valence-corrected chi connectivity index (χ1v) is 6.94. The molecule has 1 aromatic rings. The molecule has 2 nitrogen and oxygen atoms in total. The Balaban J connectivity index is 2.13. The van der Waals surface area contributed by atoms with Gasteiger partial charge in [-0.05, 0) is 19.8 Å². The van der Waals surface area contributed by atoms with E-state index in [-0.39, 0.29) is 24.2 Å². The standard InChI is InChI=1S/C15H22F2N2/c1-12-6-5-9-14(10-18)19(12)11-15(16,17)13-7-3-2-4-8-13/h2-4,7-8,12,14H,5-6,9-11,18H2,1H3. The number of nitrogens with zero attached hydrogens (tertiary/aromatic N) is 1. The first-order chi connectivity index (χ1) is 9.04. The molecule has 0 saturated carbocycles. The molecule has 2 rings (SSSR count). The van der Waals surface area contributed by atoms with Crippen molar-refractivity contribution in [3.63, 3.8) is 0 Å². The molecule has 0 spiro atoms. The molecule has 1 fully saturated rings. The summed E-state index contributed by atoms with van der Waals surface area (Å²) in [6.07, 6.45) is 2.98. The van der Waals surface area contributed by atoms with Crippen LogP contribution in [0.1, 0.15) is 31.7 Å². The van der Waals surface area contributed by atoms with Crippen LogP contribution in [0.25, 0.3) is 0 Å². The van der Waals surface area contributed by atoms with Gasteiger partial charge in [-0.1, -0.05) is 36.8 Å². The topological polar surface area (TPSA) is 29.3 Å². The lowest BCUT2D eigenvalue weighted by molar-refractivity contribution is -0.0663. The number of halogens is 2. The zero-order chi connectivity index (χ0) is 13.9. The molecule has 0 bridgehead atoms. The first kappa shape index (κ1) is 14.4. The minimum absolute atomic E-state index is 0.0818. The molecule has 2 atom stereocenters. The maximum absolute atomic E-state index is 14.3. The second-order valence-electron chi connectivity index (χ2n) is 5.41. The third-order valence-electron chi connectivity index (χ3n) is 4.04. The molecule has 2 N–H and O–H groups in total. The van der Waals surface area contributed by atoms with E-state index in [0.717, 1.165) is 19.3 Å². The van der Waals surface area contributed by atoms with Crippen LogP contribution in [0, 0.1) is 0 Å². The fourth-order valence-electron chi connectivity index (χ4n) is 2.88. The average Bonchev–Trinajstić information content (AvgIpc) is 2.42. The third-order valence-corrected chi connectivity index (χ3v) is 4.04. The van der Waals surface area contributed by atoms with E-state index in [1.165, 1.54) is 12.1 Å². The van der Waals surface area contributed by atoms with Crippen LogP contribution in [0.15, 0.2) is 30.3 Å². The van der Waals surface area contributed by atoms with Gasteiger partial charge < -0.3 is 5.73 Å². The van der Waals surface area contributed by atoms with Crippen molar-refractivity contribution in [2.75, 3.05) is 13.1 Å². The van der Waals surface area contributed by atoms with Gasteiger partial charge in [0.15, 0.2) is 0 Å². The van der Waals surface area contributed by atoms with Gasteiger partial charge in [0.05, 0.1) is 6.54 Å². The van der Waals surface area contributed by atoms with Gasteiger partial charge >= 0.3 is 0 Å². The molecule has 1 heterocycles. The molecule has 1 saturated heterocycles. The molecule has 2 unspecified atom stereocenters. The van der Waals surface area contributed by atoms with E-state index in [9.17, 15) is 8.78 Å². The van der Waals surface area contributed by atoms with Crippen LogP contribution in [0.5, 0.6) is 0 Å². The normalized spacial score (nSPS) is 25.5. The Kier molecular flexibility index (Phi) is 4.53. The average molecular weight is 268 g/mol. The van der Waals surface area contributed by atoms with Gasteiger partial charge in [-0.15, -0.1) is 0 Å². The van der Waals surface area contributed by atoms with Crippen LogP contribution >= 0.6 is 0 Å². The monoisotopic (exact) mass is 268 g/mol. The van der Waals surface area contributed by atoms with Gasteiger partial charge in [0.1, 0.15) is 0 Å². The quantitative estimate of drug-likeness (QED) is 0.909. The largest absolute Gasteiger partial charge is 0.329 e. The molecule has 0 amide bonds. The number of rotatable bonds is 4. The number of benzene rings is 1. The Morgan fingerprint density at radius 2 is 1.95 bits per heavy atom. The van der Waals surface area contributed by atoms with Crippen molar-refractivity contribution in [2.24, 2.45) is 5.73 Å². The molecule has 106 valence electrons. The number of nitrogens with two attached hydrogens (primary N) is 1. The lowest BCUT2D eigenvalue weighted by Crippen LogP contribution is -2.52. The highest BCUT2D eigenvalue weighted by atomic mass is 19.3. The van der Waals surface area contributed by atoms with E-state index in [4.69, 9.17) is 5.73 Å². The summed E-state index contributed by atoms with van der Waals surface area (Å²) in [4.78, 5) is 1.89. The van der Waals surface area contributed by atoms with Crippen molar-refractivity contribution >= 4 is 0 Å². The first-order valence-electron chi connectivity index (χ1n) is 6.94. The second-order valence-corrected chi connectivity index (χ2v) is 5.41. The predicted molar refractivity (Wildman–Crippen MR) is 73.2 cm³/mol. The van der Waals surface area contributed by atoms with Crippen LogP contribution in [0.2, 0.25) is 0 Å². The van der Waals surface area contributed by atoms with Crippen LogP contribution in [-0.2, 0) is 5.92 Å². The molecule has 0 aliphatic carbocycles. The van der Waals surface area contributed by atoms with Crippen LogP contribution in [-0.4, -0.2) is 30.1 Å². The van der Waals surface area contributed by atoms with Gasteiger partial charge in [0.2, 0.25) is 0 Å². The fraction of sp³-hybridized carbons (Fsp3) is 0.600. The lowest BCUT2D eigenvalue weighted by atomic mass is 9.95. The summed E-state index contributed by atoms with van der Waals surface area (Å²) < 4.78 is 28.7. The van der Waals surface area contributed by atoms with E-state index in [2.05, 4.69) is 0 Å². The minimum Gasteiger partial charge on any atom is -0.329 e. The van der Waals surface area contributed by atoms with Gasteiger partial charge in [0, 0.05) is 24.2 Å². The zero-order valence-corrected chi connectivity index (χ0v) is 11.4. The van der Waals surface area contributed by atoms with Crippen LogP contribution < -0.4 is 5.73 Å². The van der Waals surface area contributed by atoms with Gasteiger partial charge in [-0.3, -0.25) is 4.90 Å². The molecule has 4 heteroatoms. The smallest absolute Gasteiger partial charge is 0.285 e. The lowest BCUT2D eigenvalue weighted by Gasteiger charge is -2.41. The van der Waals surface area contributed by atoms with Crippen molar-refractivity contribution in [1.29, 1.82) is 0 Å². The fourth-order valence-corrected chi connectivity index (χ4v) is 2.88. The Morgan fingerprint density at radius 3 is 2.58 bits per heavy atom. The van der Waals surface area contributed by atoms with Crippen LogP contribution in [0.3, 0.4) is 0 Å². The highest BCUT2D eigenvalue weighted by molar-refractivity contribution is 5.20. The third kappa shape index (κ3) is 3.31. The summed E-state index contributed by atoms with van der Waals surface area (Å²) in [7, 11) is 0. The molecule has 0 radical (unpaired) electrons. The van der Waals surface area contributed by atoms with Crippen molar-refractivity contribution in [1.82, 2.24) is 4.90 Å². The number of hydrogen-bond acceptors (Lipinski definition) is 2. The molecule has 1 aliphatic rings. The summed E-state index contributed by atoms with van der Waals surface area (Å²) in [6.45, 7) is 2.23. The predicted octanol–water partition coefficient (Wildman–Crippen LogP) is 2.98. The van der Waals surface area contributed by atoms with Crippen molar-refractivity contribution < 1.29 is 8.78 Å². The number of likely N-dealkylation sites (tertiary alicyclic amines) is 1. The van der Waals surface area contributed by atoms with Crippen molar-refractivity contribution in [3.05, 3.63) is 35.9 Å². The molecule has 1 aromatic carbocycles. The van der Waals surface area contributed by atoms with Crippen LogP contribution in [0.4, 0.5) is 8.78 Å². The number of alkyl halides is 2. The van der Waals surface area contributed by atoms with E-state index in [1.54, 1.807) is 18.2 Å². The SMILES string of the molecule is CC1CCCC(CN)N1CC(F)(F)c1ccccc1. The van der Waals surface area contributed by atoms with Crippen molar-refractivity contribution in [2.45, 2.75) is 44.2 Å². The Bertz CT molecular complexity index is 394. The van der Waals surface area contributed by atoms with E-state index in [0.29, 0.717) is 6.54 Å². The van der Waals surface area contributed by atoms with E-state index in [1.807, 2.05) is 11.8 Å². The van der Waals surface area contributed by atoms with Gasteiger partial charge in [-0.2, -0.15) is 8.78 Å².